The molecule has 1 aromatic carbocycles. The molecule has 1 fully saturated rings. The maximum absolute atomic E-state index is 12.0. The molecular weight excluding hydrogens is 286 g/mol. The number of rotatable bonds is 4. The molecule has 0 aromatic heterocycles. The summed E-state index contributed by atoms with van der Waals surface area (Å²) in [5, 5.41) is 0. The van der Waals surface area contributed by atoms with Crippen LogP contribution in [0.3, 0.4) is 0 Å². The van der Waals surface area contributed by atoms with Crippen molar-refractivity contribution >= 4 is 15.7 Å². The molecule has 21 heavy (non-hydrogen) atoms. The van der Waals surface area contributed by atoms with E-state index >= 15 is 0 Å². The van der Waals surface area contributed by atoms with Gasteiger partial charge in [-0.1, -0.05) is 6.07 Å². The minimum absolute atomic E-state index is 0.0257. The standard InChI is InChI=1S/C15H25N3O2S/c1-4-21(19,20)18-8-7-17(10-13(18)3)11-14-5-6-15(16)9-12(14)2/h5-6,9,13H,4,7-8,10-11,16H2,1-3H3/t13-/m1/s1. The molecule has 5 nitrogen and oxygen atoms in total. The van der Waals surface area contributed by atoms with Crippen molar-refractivity contribution in [2.75, 3.05) is 31.1 Å². The Morgan fingerprint density at radius 1 is 1.33 bits per heavy atom. The molecule has 0 amide bonds. The van der Waals surface area contributed by atoms with Crippen LogP contribution in [0.5, 0.6) is 0 Å². The van der Waals surface area contributed by atoms with Crippen LogP contribution >= 0.6 is 0 Å². The van der Waals surface area contributed by atoms with Crippen LogP contribution in [-0.2, 0) is 16.6 Å². The zero-order valence-electron chi connectivity index (χ0n) is 13.0. The molecule has 0 aliphatic carbocycles. The zero-order chi connectivity index (χ0) is 15.6. The van der Waals surface area contributed by atoms with Gasteiger partial charge in [-0.15, -0.1) is 0 Å². The van der Waals surface area contributed by atoms with Crippen molar-refractivity contribution in [1.29, 1.82) is 0 Å². The maximum Gasteiger partial charge on any atom is 0.214 e. The molecule has 118 valence electrons. The van der Waals surface area contributed by atoms with Crippen LogP contribution in [0.25, 0.3) is 0 Å². The van der Waals surface area contributed by atoms with Gasteiger partial charge in [-0.3, -0.25) is 4.90 Å². The van der Waals surface area contributed by atoms with Crippen molar-refractivity contribution in [1.82, 2.24) is 9.21 Å². The van der Waals surface area contributed by atoms with Crippen molar-refractivity contribution in [2.45, 2.75) is 33.4 Å². The number of nitrogens with zero attached hydrogens (tertiary/aromatic N) is 2. The highest BCUT2D eigenvalue weighted by Gasteiger charge is 2.31. The van der Waals surface area contributed by atoms with Gasteiger partial charge in [0.05, 0.1) is 5.75 Å². The van der Waals surface area contributed by atoms with Crippen LogP contribution in [0.1, 0.15) is 25.0 Å². The van der Waals surface area contributed by atoms with Gasteiger partial charge in [0.25, 0.3) is 0 Å². The Morgan fingerprint density at radius 3 is 2.62 bits per heavy atom. The summed E-state index contributed by atoms with van der Waals surface area (Å²) in [5.74, 6) is 0.175. The second-order valence-corrected chi connectivity index (χ2v) is 7.99. The summed E-state index contributed by atoms with van der Waals surface area (Å²) in [5.41, 5.74) is 9.00. The first-order valence-corrected chi connectivity index (χ1v) is 9.01. The first kappa shape index (κ1) is 16.3. The number of sulfonamides is 1. The molecule has 0 radical (unpaired) electrons. The Morgan fingerprint density at radius 2 is 2.05 bits per heavy atom. The minimum atomic E-state index is -3.09. The number of nitrogen functional groups attached to an aromatic ring is 1. The van der Waals surface area contributed by atoms with Crippen molar-refractivity contribution < 1.29 is 8.42 Å². The molecular formula is C15H25N3O2S. The van der Waals surface area contributed by atoms with Gasteiger partial charge in [0.2, 0.25) is 10.0 Å². The van der Waals surface area contributed by atoms with E-state index in [0.717, 1.165) is 25.3 Å². The monoisotopic (exact) mass is 311 g/mol. The second-order valence-electron chi connectivity index (χ2n) is 5.78. The number of piperazine rings is 1. The average molecular weight is 311 g/mol. The Kier molecular flexibility index (Phi) is 4.91. The molecule has 1 heterocycles. The Bertz CT molecular complexity index is 601. The van der Waals surface area contributed by atoms with Gasteiger partial charge >= 0.3 is 0 Å². The SMILES string of the molecule is CCS(=O)(=O)N1CCN(Cc2ccc(N)cc2C)C[C@H]1C. The second kappa shape index (κ2) is 6.34. The normalized spacial score (nSPS) is 21.6. The third kappa shape index (κ3) is 3.75. The summed E-state index contributed by atoms with van der Waals surface area (Å²) in [6.07, 6.45) is 0. The fourth-order valence-electron chi connectivity index (χ4n) is 2.88. The third-order valence-corrected chi connectivity index (χ3v) is 6.12. The number of aryl methyl sites for hydroxylation is 1. The molecule has 6 heteroatoms. The van der Waals surface area contributed by atoms with Crippen molar-refractivity contribution in [2.24, 2.45) is 0 Å². The summed E-state index contributed by atoms with van der Waals surface area (Å²) < 4.78 is 25.7. The van der Waals surface area contributed by atoms with Crippen LogP contribution in [-0.4, -0.2) is 49.1 Å². The number of benzene rings is 1. The van der Waals surface area contributed by atoms with Crippen LogP contribution in [0.15, 0.2) is 18.2 Å². The number of hydrogen-bond donors (Lipinski definition) is 1. The highest BCUT2D eigenvalue weighted by molar-refractivity contribution is 7.89. The van der Waals surface area contributed by atoms with E-state index in [1.165, 1.54) is 11.1 Å². The molecule has 1 aliphatic rings. The Hall–Kier alpha value is -1.11. The molecule has 0 unspecified atom stereocenters. The first-order valence-electron chi connectivity index (χ1n) is 7.40. The summed E-state index contributed by atoms with van der Waals surface area (Å²) in [7, 11) is -3.09. The van der Waals surface area contributed by atoms with Gasteiger partial charge in [0.1, 0.15) is 0 Å². The van der Waals surface area contributed by atoms with E-state index < -0.39 is 10.0 Å². The molecule has 1 aliphatic heterocycles. The molecule has 1 aromatic rings. The van der Waals surface area contributed by atoms with E-state index in [4.69, 9.17) is 5.73 Å². The van der Waals surface area contributed by atoms with Crippen molar-refractivity contribution in [3.8, 4) is 0 Å². The van der Waals surface area contributed by atoms with Crippen molar-refractivity contribution in [3.05, 3.63) is 29.3 Å². The van der Waals surface area contributed by atoms with E-state index in [2.05, 4.69) is 17.9 Å². The maximum atomic E-state index is 12.0. The van der Waals surface area contributed by atoms with E-state index in [-0.39, 0.29) is 11.8 Å². The van der Waals surface area contributed by atoms with Gasteiger partial charge < -0.3 is 5.73 Å². The van der Waals surface area contributed by atoms with E-state index in [1.807, 2.05) is 19.1 Å². The molecule has 1 atom stereocenters. The lowest BCUT2D eigenvalue weighted by Gasteiger charge is -2.39. The number of anilines is 1. The summed E-state index contributed by atoms with van der Waals surface area (Å²) >= 11 is 0. The number of hydrogen-bond acceptors (Lipinski definition) is 4. The van der Waals surface area contributed by atoms with Gasteiger partial charge in [-0.05, 0) is 44.0 Å². The van der Waals surface area contributed by atoms with E-state index in [1.54, 1.807) is 11.2 Å². The van der Waals surface area contributed by atoms with Crippen LogP contribution in [0.4, 0.5) is 5.69 Å². The zero-order valence-corrected chi connectivity index (χ0v) is 13.9. The van der Waals surface area contributed by atoms with Gasteiger partial charge in [-0.25, -0.2) is 8.42 Å². The van der Waals surface area contributed by atoms with Crippen molar-refractivity contribution in [3.63, 3.8) is 0 Å². The molecule has 0 saturated carbocycles. The quantitative estimate of drug-likeness (QED) is 0.854. The van der Waals surface area contributed by atoms with Gasteiger partial charge in [-0.2, -0.15) is 4.31 Å². The topological polar surface area (TPSA) is 66.6 Å². The highest BCUT2D eigenvalue weighted by Crippen LogP contribution is 2.19. The lowest BCUT2D eigenvalue weighted by atomic mass is 10.1. The Labute approximate surface area is 127 Å². The molecule has 0 bridgehead atoms. The predicted molar refractivity (Wildman–Crippen MR) is 86.5 cm³/mol. The van der Waals surface area contributed by atoms with Gasteiger partial charge in [0.15, 0.2) is 0 Å². The third-order valence-electron chi connectivity index (χ3n) is 4.13. The summed E-state index contributed by atoms with van der Waals surface area (Å²) in [4.78, 5) is 2.31. The fourth-order valence-corrected chi connectivity index (χ4v) is 4.18. The van der Waals surface area contributed by atoms with E-state index in [0.29, 0.717) is 6.54 Å². The molecule has 2 N–H and O–H groups in total. The van der Waals surface area contributed by atoms with Gasteiger partial charge in [0, 0.05) is 37.9 Å². The summed E-state index contributed by atoms with van der Waals surface area (Å²) in [6.45, 7) is 8.70. The van der Waals surface area contributed by atoms with Crippen LogP contribution in [0.2, 0.25) is 0 Å². The minimum Gasteiger partial charge on any atom is -0.399 e. The van der Waals surface area contributed by atoms with E-state index in [9.17, 15) is 8.42 Å². The van der Waals surface area contributed by atoms with Crippen LogP contribution in [0, 0.1) is 6.92 Å². The lowest BCUT2D eigenvalue weighted by Crippen LogP contribution is -2.53. The lowest BCUT2D eigenvalue weighted by molar-refractivity contribution is 0.138. The largest absolute Gasteiger partial charge is 0.399 e. The molecule has 0 spiro atoms. The smallest absolute Gasteiger partial charge is 0.214 e. The molecule has 1 saturated heterocycles. The average Bonchev–Trinajstić information content (AvgIpc) is 2.42. The fraction of sp³-hybridized carbons (Fsp3) is 0.600. The number of nitrogens with two attached hydrogens (primary N) is 1. The predicted octanol–water partition coefficient (Wildman–Crippen LogP) is 1.43. The van der Waals surface area contributed by atoms with Crippen LogP contribution < -0.4 is 5.73 Å². The molecule has 2 rings (SSSR count). The first-order chi connectivity index (χ1) is 9.83. The summed E-state index contributed by atoms with van der Waals surface area (Å²) in [6, 6.07) is 5.99. The Balaban J connectivity index is 2.03. The highest BCUT2D eigenvalue weighted by atomic mass is 32.2.